The zero-order valence-corrected chi connectivity index (χ0v) is 10.0. The Bertz CT molecular complexity index is 434. The highest BCUT2D eigenvalue weighted by molar-refractivity contribution is 7.91. The fourth-order valence-electron chi connectivity index (χ4n) is 1.32. The number of aromatic nitrogens is 1. The lowest BCUT2D eigenvalue weighted by Crippen LogP contribution is -2.19. The number of hydrogen-bond donors (Lipinski definition) is 1. The molecule has 0 radical (unpaired) electrons. The molecule has 0 aliphatic heterocycles. The van der Waals surface area contributed by atoms with Crippen molar-refractivity contribution in [2.24, 2.45) is 0 Å². The summed E-state index contributed by atoms with van der Waals surface area (Å²) in [6.45, 7) is 3.59. The summed E-state index contributed by atoms with van der Waals surface area (Å²) in [6, 6.07) is 3.62. The lowest BCUT2D eigenvalue weighted by Gasteiger charge is -2.09. The molecule has 0 spiro atoms. The second-order valence-corrected chi connectivity index (χ2v) is 6.37. The maximum absolute atomic E-state index is 11.2. The summed E-state index contributed by atoms with van der Waals surface area (Å²) < 4.78 is 22.5. The van der Waals surface area contributed by atoms with Gasteiger partial charge in [0.2, 0.25) is 0 Å². The number of nitrogen functional groups attached to an aromatic ring is 1. The summed E-state index contributed by atoms with van der Waals surface area (Å²) in [5, 5.41) is -0.425. The zero-order chi connectivity index (χ0) is 11.6. The number of nitrogens with two attached hydrogens (primary N) is 1. The van der Waals surface area contributed by atoms with Crippen molar-refractivity contribution < 1.29 is 8.42 Å². The van der Waals surface area contributed by atoms with Crippen molar-refractivity contribution in [2.45, 2.75) is 25.5 Å². The third-order valence-electron chi connectivity index (χ3n) is 2.27. The Morgan fingerprint density at radius 3 is 2.53 bits per heavy atom. The van der Waals surface area contributed by atoms with E-state index in [0.29, 0.717) is 12.2 Å². The van der Waals surface area contributed by atoms with Gasteiger partial charge in [-0.05, 0) is 31.5 Å². The first-order valence-corrected chi connectivity index (χ1v) is 6.66. The van der Waals surface area contributed by atoms with Gasteiger partial charge in [0, 0.05) is 18.4 Å². The maximum Gasteiger partial charge on any atom is 0.150 e. The minimum atomic E-state index is -3.01. The van der Waals surface area contributed by atoms with Gasteiger partial charge in [-0.1, -0.05) is 0 Å². The monoisotopic (exact) mass is 228 g/mol. The van der Waals surface area contributed by atoms with Crippen molar-refractivity contribution in [3.63, 3.8) is 0 Å². The summed E-state index contributed by atoms with van der Waals surface area (Å²) in [4.78, 5) is 4.10. The van der Waals surface area contributed by atoms with Gasteiger partial charge in [0.1, 0.15) is 15.7 Å². The van der Waals surface area contributed by atoms with Crippen LogP contribution >= 0.6 is 0 Å². The van der Waals surface area contributed by atoms with E-state index < -0.39 is 15.1 Å². The standard InChI is InChI=1S/C10H16N2O2S/c1-7-4-9(12-10(11)5-7)6-8(2)15(3,13)14/h4-5,8H,6H2,1-3H3,(H2,11,12). The largest absolute Gasteiger partial charge is 0.384 e. The Labute approximate surface area is 90.4 Å². The predicted octanol–water partition coefficient (Wildman–Crippen LogP) is 0.948. The van der Waals surface area contributed by atoms with E-state index in [1.54, 1.807) is 13.0 Å². The second kappa shape index (κ2) is 4.18. The van der Waals surface area contributed by atoms with Crippen LogP contribution in [0.3, 0.4) is 0 Å². The van der Waals surface area contributed by atoms with Crippen molar-refractivity contribution in [3.8, 4) is 0 Å². The van der Waals surface area contributed by atoms with E-state index in [4.69, 9.17) is 5.73 Å². The van der Waals surface area contributed by atoms with E-state index in [9.17, 15) is 8.42 Å². The van der Waals surface area contributed by atoms with Crippen molar-refractivity contribution in [3.05, 3.63) is 23.4 Å². The van der Waals surface area contributed by atoms with Crippen LogP contribution in [0.25, 0.3) is 0 Å². The van der Waals surface area contributed by atoms with Crippen LogP contribution in [0, 0.1) is 6.92 Å². The van der Waals surface area contributed by atoms with E-state index >= 15 is 0 Å². The zero-order valence-electron chi connectivity index (χ0n) is 9.19. The van der Waals surface area contributed by atoms with Gasteiger partial charge >= 0.3 is 0 Å². The van der Waals surface area contributed by atoms with Gasteiger partial charge in [0.25, 0.3) is 0 Å². The Kier molecular flexibility index (Phi) is 3.34. The van der Waals surface area contributed by atoms with Gasteiger partial charge in [-0.15, -0.1) is 0 Å². The van der Waals surface area contributed by atoms with E-state index in [1.165, 1.54) is 6.26 Å². The molecule has 0 amide bonds. The van der Waals surface area contributed by atoms with E-state index in [0.717, 1.165) is 11.3 Å². The molecule has 0 bridgehead atoms. The third-order valence-corrected chi connectivity index (χ3v) is 3.90. The first kappa shape index (κ1) is 12.0. The molecule has 0 saturated heterocycles. The van der Waals surface area contributed by atoms with Crippen LogP contribution in [-0.4, -0.2) is 24.9 Å². The number of pyridine rings is 1. The van der Waals surface area contributed by atoms with Crippen molar-refractivity contribution in [1.29, 1.82) is 0 Å². The first-order chi connectivity index (χ1) is 6.79. The molecule has 1 aromatic rings. The molecule has 1 rings (SSSR count). The third kappa shape index (κ3) is 3.51. The van der Waals surface area contributed by atoms with Gasteiger partial charge in [-0.2, -0.15) is 0 Å². The van der Waals surface area contributed by atoms with E-state index in [-0.39, 0.29) is 0 Å². The fourth-order valence-corrected chi connectivity index (χ4v) is 1.79. The van der Waals surface area contributed by atoms with Gasteiger partial charge < -0.3 is 5.73 Å². The number of nitrogens with zero attached hydrogens (tertiary/aromatic N) is 1. The Balaban J connectivity index is 2.90. The van der Waals surface area contributed by atoms with Crippen LogP contribution in [0.4, 0.5) is 5.82 Å². The molecule has 84 valence electrons. The predicted molar refractivity (Wildman–Crippen MR) is 61.4 cm³/mol. The molecule has 5 heteroatoms. The van der Waals surface area contributed by atoms with Gasteiger partial charge in [-0.3, -0.25) is 0 Å². The molecule has 0 aliphatic carbocycles. The van der Waals surface area contributed by atoms with Crippen LogP contribution in [0.1, 0.15) is 18.2 Å². The van der Waals surface area contributed by atoms with Crippen LogP contribution in [0.5, 0.6) is 0 Å². The van der Waals surface area contributed by atoms with Gasteiger partial charge in [0.05, 0.1) is 5.25 Å². The van der Waals surface area contributed by atoms with E-state index in [2.05, 4.69) is 4.98 Å². The second-order valence-electron chi connectivity index (χ2n) is 3.90. The summed E-state index contributed by atoms with van der Waals surface area (Å²) in [5.74, 6) is 0.436. The Morgan fingerprint density at radius 2 is 2.07 bits per heavy atom. The SMILES string of the molecule is Cc1cc(N)nc(CC(C)S(C)(=O)=O)c1. The average molecular weight is 228 g/mol. The fraction of sp³-hybridized carbons (Fsp3) is 0.500. The molecular formula is C10H16N2O2S. The molecule has 0 fully saturated rings. The molecule has 1 heterocycles. The molecule has 0 aliphatic rings. The van der Waals surface area contributed by atoms with Gasteiger partial charge in [0.15, 0.2) is 0 Å². The minimum absolute atomic E-state index is 0.407. The summed E-state index contributed by atoms with van der Waals surface area (Å²) >= 11 is 0. The molecule has 1 aromatic heterocycles. The highest BCUT2D eigenvalue weighted by Crippen LogP contribution is 2.11. The lowest BCUT2D eigenvalue weighted by molar-refractivity contribution is 0.588. The number of sulfone groups is 1. The Morgan fingerprint density at radius 1 is 1.47 bits per heavy atom. The van der Waals surface area contributed by atoms with Crippen LogP contribution in [0.2, 0.25) is 0 Å². The summed E-state index contributed by atoms with van der Waals surface area (Å²) in [7, 11) is -3.01. The van der Waals surface area contributed by atoms with Crippen LogP contribution < -0.4 is 5.73 Å². The molecule has 0 saturated carbocycles. The van der Waals surface area contributed by atoms with E-state index in [1.807, 2.05) is 13.0 Å². The first-order valence-electron chi connectivity index (χ1n) is 4.71. The molecular weight excluding hydrogens is 212 g/mol. The van der Waals surface area contributed by atoms with Crippen molar-refractivity contribution >= 4 is 15.7 Å². The highest BCUT2D eigenvalue weighted by atomic mass is 32.2. The smallest absolute Gasteiger partial charge is 0.150 e. The molecule has 0 aromatic carbocycles. The molecule has 1 atom stereocenters. The molecule has 4 nitrogen and oxygen atoms in total. The number of aryl methyl sites for hydroxylation is 1. The molecule has 2 N–H and O–H groups in total. The average Bonchev–Trinajstić information content (AvgIpc) is 1.99. The Hall–Kier alpha value is -1.10. The molecule has 15 heavy (non-hydrogen) atoms. The quantitative estimate of drug-likeness (QED) is 0.836. The van der Waals surface area contributed by atoms with Crippen molar-refractivity contribution in [2.75, 3.05) is 12.0 Å². The van der Waals surface area contributed by atoms with Crippen LogP contribution in [-0.2, 0) is 16.3 Å². The van der Waals surface area contributed by atoms with Gasteiger partial charge in [-0.25, -0.2) is 13.4 Å². The minimum Gasteiger partial charge on any atom is -0.384 e. The number of hydrogen-bond acceptors (Lipinski definition) is 4. The summed E-state index contributed by atoms with van der Waals surface area (Å²) in [5.41, 5.74) is 7.31. The number of rotatable bonds is 3. The highest BCUT2D eigenvalue weighted by Gasteiger charge is 2.16. The maximum atomic E-state index is 11.2. The topological polar surface area (TPSA) is 73.0 Å². The normalized spacial score (nSPS) is 13.8. The van der Waals surface area contributed by atoms with Crippen LogP contribution in [0.15, 0.2) is 12.1 Å². The molecule has 1 unspecified atom stereocenters. The summed E-state index contributed by atoms with van der Waals surface area (Å²) in [6.07, 6.45) is 1.64. The number of anilines is 1. The van der Waals surface area contributed by atoms with Crippen molar-refractivity contribution in [1.82, 2.24) is 4.98 Å². The lowest BCUT2D eigenvalue weighted by atomic mass is 10.2.